The lowest BCUT2D eigenvalue weighted by molar-refractivity contribution is -0.137. The first-order valence-electron chi connectivity index (χ1n) is 11.6. The number of carbonyl (C=O) groups is 4. The van der Waals surface area contributed by atoms with E-state index in [1.165, 1.54) is 24.1 Å². The van der Waals surface area contributed by atoms with Crippen molar-refractivity contribution in [3.05, 3.63) is 29.6 Å². The van der Waals surface area contributed by atoms with E-state index in [4.69, 9.17) is 14.2 Å². The maximum atomic E-state index is 15.2. The molecule has 0 aromatic heterocycles. The second-order valence-electron chi connectivity index (χ2n) is 10.1. The standard InChI is InChI=1S/C24H33FN4O8S/c1-23(2,3)36-20(31)26-11-15-12-29(22(33)35-15)14-8-9-16(17(25)10-14)19(38-13-18(30)34-7)27-28-21(32)37-24(4,5)6/h8-10,15H,11-13H2,1-7H3,(H,26,31)(H,28,32)/b27-19-/t15-/m0/s1. The van der Waals surface area contributed by atoms with Crippen LogP contribution in [0.5, 0.6) is 0 Å². The Kier molecular flexibility index (Phi) is 10.3. The molecule has 38 heavy (non-hydrogen) atoms. The van der Waals surface area contributed by atoms with Crippen LogP contribution >= 0.6 is 11.8 Å². The van der Waals surface area contributed by atoms with Gasteiger partial charge in [0.2, 0.25) is 0 Å². The Bertz CT molecular complexity index is 1080. The predicted octanol–water partition coefficient (Wildman–Crippen LogP) is 3.77. The van der Waals surface area contributed by atoms with Gasteiger partial charge >= 0.3 is 24.2 Å². The smallest absolute Gasteiger partial charge is 0.428 e. The first kappa shape index (κ1) is 30.7. The number of thioether (sulfide) groups is 1. The summed E-state index contributed by atoms with van der Waals surface area (Å²) in [6, 6.07) is 3.91. The van der Waals surface area contributed by atoms with Crippen LogP contribution < -0.4 is 15.6 Å². The van der Waals surface area contributed by atoms with Crippen LogP contribution in [0.25, 0.3) is 0 Å². The summed E-state index contributed by atoms with van der Waals surface area (Å²) in [7, 11) is 1.21. The molecule has 1 aliphatic heterocycles. The van der Waals surface area contributed by atoms with Crippen molar-refractivity contribution in [1.29, 1.82) is 0 Å². The molecule has 0 unspecified atom stereocenters. The highest BCUT2D eigenvalue weighted by molar-refractivity contribution is 8.14. The van der Waals surface area contributed by atoms with Crippen LogP contribution in [0.1, 0.15) is 47.1 Å². The number of carbonyl (C=O) groups excluding carboxylic acids is 4. The molecule has 0 aliphatic carbocycles. The van der Waals surface area contributed by atoms with Crippen LogP contribution in [-0.2, 0) is 23.7 Å². The summed E-state index contributed by atoms with van der Waals surface area (Å²) >= 11 is 0.841. The van der Waals surface area contributed by atoms with Gasteiger partial charge in [-0.05, 0) is 59.7 Å². The number of hydrogen-bond acceptors (Lipinski definition) is 10. The Morgan fingerprint density at radius 1 is 1.13 bits per heavy atom. The molecular formula is C24H33FN4O8S. The maximum Gasteiger partial charge on any atom is 0.428 e. The number of anilines is 1. The lowest BCUT2D eigenvalue weighted by Crippen LogP contribution is -2.38. The number of nitrogens with one attached hydrogen (secondary N) is 2. The van der Waals surface area contributed by atoms with Crippen molar-refractivity contribution < 1.29 is 42.5 Å². The Hall–Kier alpha value is -3.55. The van der Waals surface area contributed by atoms with Gasteiger partial charge in [-0.3, -0.25) is 9.69 Å². The molecule has 1 atom stereocenters. The van der Waals surface area contributed by atoms with Gasteiger partial charge < -0.3 is 24.3 Å². The number of halogens is 1. The Morgan fingerprint density at radius 3 is 2.34 bits per heavy atom. The molecule has 0 bridgehead atoms. The highest BCUT2D eigenvalue weighted by atomic mass is 32.2. The van der Waals surface area contributed by atoms with Crippen molar-refractivity contribution in [2.45, 2.75) is 58.8 Å². The van der Waals surface area contributed by atoms with Crippen LogP contribution in [-0.4, -0.2) is 72.6 Å². The van der Waals surface area contributed by atoms with E-state index in [2.05, 4.69) is 20.6 Å². The van der Waals surface area contributed by atoms with E-state index < -0.39 is 47.4 Å². The van der Waals surface area contributed by atoms with E-state index in [-0.39, 0.29) is 35.1 Å². The summed E-state index contributed by atoms with van der Waals surface area (Å²) in [5.41, 5.74) is 0.893. The number of rotatable bonds is 7. The molecule has 12 nitrogen and oxygen atoms in total. The van der Waals surface area contributed by atoms with E-state index in [0.29, 0.717) is 0 Å². The third-order valence-corrected chi connectivity index (χ3v) is 5.41. The van der Waals surface area contributed by atoms with Crippen LogP contribution in [0.3, 0.4) is 0 Å². The average Bonchev–Trinajstić information content (AvgIpc) is 3.16. The van der Waals surface area contributed by atoms with Gasteiger partial charge in [-0.2, -0.15) is 5.10 Å². The van der Waals surface area contributed by atoms with E-state index in [0.717, 1.165) is 17.8 Å². The highest BCUT2D eigenvalue weighted by Crippen LogP contribution is 2.26. The molecule has 2 rings (SSSR count). The zero-order valence-electron chi connectivity index (χ0n) is 22.4. The number of cyclic esters (lactones) is 1. The number of ether oxygens (including phenoxy) is 4. The fourth-order valence-corrected chi connectivity index (χ4v) is 3.75. The van der Waals surface area contributed by atoms with Crippen LogP contribution in [0.2, 0.25) is 0 Å². The molecule has 0 saturated carbocycles. The van der Waals surface area contributed by atoms with Crippen molar-refractivity contribution in [2.24, 2.45) is 5.10 Å². The zero-order valence-corrected chi connectivity index (χ0v) is 23.2. The molecule has 0 spiro atoms. The second-order valence-corrected chi connectivity index (χ2v) is 11.0. The van der Waals surface area contributed by atoms with Crippen molar-refractivity contribution in [2.75, 3.05) is 30.9 Å². The van der Waals surface area contributed by atoms with Crippen LogP contribution in [0.15, 0.2) is 23.3 Å². The van der Waals surface area contributed by atoms with Crippen molar-refractivity contribution in [1.82, 2.24) is 10.7 Å². The van der Waals surface area contributed by atoms with Crippen molar-refractivity contribution in [3.63, 3.8) is 0 Å². The average molecular weight is 557 g/mol. The summed E-state index contributed by atoms with van der Waals surface area (Å²) in [6.07, 6.45) is -2.91. The first-order chi connectivity index (χ1) is 17.6. The SMILES string of the molecule is COC(=O)CS/C(=N\NC(=O)OC(C)(C)C)c1ccc(N2C[C@H](CNC(=O)OC(C)(C)C)OC2=O)cc1F. The molecule has 2 N–H and O–H groups in total. The van der Waals surface area contributed by atoms with Gasteiger partial charge in [0.15, 0.2) is 0 Å². The summed E-state index contributed by atoms with van der Waals surface area (Å²) < 4.78 is 35.3. The lowest BCUT2D eigenvalue weighted by Gasteiger charge is -2.20. The Labute approximate surface area is 224 Å². The number of methoxy groups -OCH3 is 1. The summed E-state index contributed by atoms with van der Waals surface area (Å²) in [4.78, 5) is 49.1. The molecular weight excluding hydrogens is 523 g/mol. The number of esters is 1. The number of nitrogens with zero attached hydrogens (tertiary/aromatic N) is 2. The molecule has 14 heteroatoms. The third kappa shape index (κ3) is 10.1. The summed E-state index contributed by atoms with van der Waals surface area (Å²) in [5, 5.41) is 6.43. The fourth-order valence-electron chi connectivity index (χ4n) is 2.95. The van der Waals surface area contributed by atoms with Gasteiger partial charge in [0, 0.05) is 5.56 Å². The van der Waals surface area contributed by atoms with Crippen LogP contribution in [0.4, 0.5) is 24.5 Å². The molecule has 1 aromatic rings. The second kappa shape index (κ2) is 12.8. The number of benzene rings is 1. The van der Waals surface area contributed by atoms with E-state index >= 15 is 4.39 Å². The molecule has 1 aromatic carbocycles. The highest BCUT2D eigenvalue weighted by Gasteiger charge is 2.33. The van der Waals surface area contributed by atoms with E-state index in [1.54, 1.807) is 41.5 Å². The van der Waals surface area contributed by atoms with Gasteiger partial charge in [0.05, 0.1) is 31.6 Å². The Morgan fingerprint density at radius 2 is 1.76 bits per heavy atom. The molecule has 1 aliphatic rings. The van der Waals surface area contributed by atoms with Gasteiger partial charge in [-0.25, -0.2) is 24.2 Å². The molecule has 1 heterocycles. The van der Waals surface area contributed by atoms with E-state index in [1.807, 2.05) is 0 Å². The largest absolute Gasteiger partial charge is 0.468 e. The molecule has 3 amide bonds. The Balaban J connectivity index is 2.15. The predicted molar refractivity (Wildman–Crippen MR) is 139 cm³/mol. The minimum atomic E-state index is -0.864. The van der Waals surface area contributed by atoms with Gasteiger partial charge in [-0.15, -0.1) is 0 Å². The third-order valence-electron chi connectivity index (χ3n) is 4.44. The maximum absolute atomic E-state index is 15.2. The first-order valence-corrected chi connectivity index (χ1v) is 12.6. The lowest BCUT2D eigenvalue weighted by atomic mass is 10.2. The van der Waals surface area contributed by atoms with Crippen molar-refractivity contribution in [3.8, 4) is 0 Å². The van der Waals surface area contributed by atoms with Gasteiger partial charge in [0.25, 0.3) is 0 Å². The number of alkyl carbamates (subject to hydrolysis) is 1. The zero-order chi connectivity index (χ0) is 28.7. The fraction of sp³-hybridized carbons (Fsp3) is 0.542. The number of amides is 3. The minimum Gasteiger partial charge on any atom is -0.468 e. The topological polar surface area (TPSA) is 145 Å². The molecule has 1 fully saturated rings. The number of hydrazone groups is 1. The molecule has 1 saturated heterocycles. The van der Waals surface area contributed by atoms with Crippen LogP contribution in [0, 0.1) is 5.82 Å². The van der Waals surface area contributed by atoms with Gasteiger partial charge in [0.1, 0.15) is 28.2 Å². The monoisotopic (exact) mass is 556 g/mol. The molecule has 0 radical (unpaired) electrons. The van der Waals surface area contributed by atoms with Gasteiger partial charge in [-0.1, -0.05) is 11.8 Å². The summed E-state index contributed by atoms with van der Waals surface area (Å²) in [5.74, 6) is -1.55. The quantitative estimate of drug-likeness (QED) is 0.169. The molecule has 210 valence electrons. The van der Waals surface area contributed by atoms with E-state index in [9.17, 15) is 19.2 Å². The van der Waals surface area contributed by atoms with Crippen molar-refractivity contribution >= 4 is 46.7 Å². The normalized spacial score (nSPS) is 16.0. The minimum absolute atomic E-state index is 0.00896. The summed E-state index contributed by atoms with van der Waals surface area (Å²) in [6.45, 7) is 10.2. The number of hydrogen-bond donors (Lipinski definition) is 2.